The van der Waals surface area contributed by atoms with Gasteiger partial charge in [-0.25, -0.2) is 4.79 Å². The molecule has 2 aliphatic rings. The van der Waals surface area contributed by atoms with Gasteiger partial charge in [-0.05, 0) is 79.8 Å². The number of hydrogen-bond donors (Lipinski definition) is 3. The van der Waals surface area contributed by atoms with E-state index in [1.54, 1.807) is 31.2 Å². The molecular formula is C39H38N2O6S2. The Morgan fingerprint density at radius 2 is 1.63 bits per heavy atom. The number of thioether (sulfide) groups is 1. The number of ether oxygens (including phenoxy) is 1. The number of aliphatic carboxylic acids is 1. The van der Waals surface area contributed by atoms with Crippen LogP contribution >= 0.6 is 23.1 Å². The Labute approximate surface area is 294 Å². The van der Waals surface area contributed by atoms with Crippen molar-refractivity contribution < 1.29 is 29.0 Å². The minimum atomic E-state index is -0.987. The number of benzene rings is 3. The normalized spacial score (nSPS) is 18.9. The van der Waals surface area contributed by atoms with Gasteiger partial charge in [-0.3, -0.25) is 14.4 Å². The Bertz CT molecular complexity index is 1860. The number of nitrogens with one attached hydrogen (secondary N) is 2. The third-order valence-corrected chi connectivity index (χ3v) is 11.5. The fourth-order valence-corrected chi connectivity index (χ4v) is 8.98. The van der Waals surface area contributed by atoms with E-state index < -0.39 is 29.0 Å². The number of amides is 2. The molecule has 0 bridgehead atoms. The van der Waals surface area contributed by atoms with Crippen LogP contribution in [-0.2, 0) is 32.0 Å². The van der Waals surface area contributed by atoms with Crippen LogP contribution in [0, 0.1) is 11.8 Å². The van der Waals surface area contributed by atoms with Gasteiger partial charge in [0.05, 0.1) is 24.0 Å². The fraction of sp³-hybridized carbons (Fsp3) is 0.282. The summed E-state index contributed by atoms with van der Waals surface area (Å²) in [4.78, 5) is 54.3. The number of esters is 1. The van der Waals surface area contributed by atoms with Crippen molar-refractivity contribution in [2.45, 2.75) is 55.1 Å². The Hall–Kier alpha value is -4.67. The van der Waals surface area contributed by atoms with Crippen LogP contribution < -0.4 is 10.6 Å². The summed E-state index contributed by atoms with van der Waals surface area (Å²) in [5, 5.41) is 15.5. The van der Waals surface area contributed by atoms with Crippen LogP contribution in [-0.4, -0.2) is 35.5 Å². The van der Waals surface area contributed by atoms with Gasteiger partial charge in [0, 0.05) is 15.5 Å². The molecule has 4 unspecified atom stereocenters. The SMILES string of the molecule is CCOC(=O)c1c(NC(=O)C(Sc2cccc(NC(=O)C3CC=CCC3C(=O)O)c2)c2ccccc2)sc2c1CCC(c1ccccc1)C2. The molecule has 0 fully saturated rings. The molecule has 49 heavy (non-hydrogen) atoms. The minimum Gasteiger partial charge on any atom is -0.481 e. The first-order chi connectivity index (χ1) is 23.8. The summed E-state index contributed by atoms with van der Waals surface area (Å²) >= 11 is 2.78. The van der Waals surface area contributed by atoms with E-state index in [0.717, 1.165) is 40.2 Å². The summed E-state index contributed by atoms with van der Waals surface area (Å²) < 4.78 is 5.48. The molecule has 0 radical (unpaired) electrons. The van der Waals surface area contributed by atoms with Crippen LogP contribution in [0.3, 0.4) is 0 Å². The van der Waals surface area contributed by atoms with Crippen LogP contribution in [0.1, 0.15) is 69.3 Å². The lowest BCUT2D eigenvalue weighted by molar-refractivity contribution is -0.146. The zero-order valence-corrected chi connectivity index (χ0v) is 28.7. The number of thiophene rings is 1. The number of anilines is 2. The second kappa shape index (κ2) is 15.7. The van der Waals surface area contributed by atoms with Crippen molar-refractivity contribution >= 4 is 57.5 Å². The van der Waals surface area contributed by atoms with Crippen molar-refractivity contribution in [1.29, 1.82) is 0 Å². The van der Waals surface area contributed by atoms with E-state index in [0.29, 0.717) is 35.0 Å². The first-order valence-electron chi connectivity index (χ1n) is 16.5. The summed E-state index contributed by atoms with van der Waals surface area (Å²) in [6.45, 7) is 2.00. The first-order valence-corrected chi connectivity index (χ1v) is 18.2. The maximum atomic E-state index is 14.2. The van der Waals surface area contributed by atoms with Gasteiger partial charge in [0.25, 0.3) is 0 Å². The Morgan fingerprint density at radius 1 is 0.918 bits per heavy atom. The van der Waals surface area contributed by atoms with Crippen molar-refractivity contribution in [2.75, 3.05) is 17.2 Å². The van der Waals surface area contributed by atoms with Crippen molar-refractivity contribution in [3.63, 3.8) is 0 Å². The zero-order valence-electron chi connectivity index (χ0n) is 27.1. The average molecular weight is 695 g/mol. The van der Waals surface area contributed by atoms with Gasteiger partial charge in [-0.1, -0.05) is 78.9 Å². The van der Waals surface area contributed by atoms with Crippen molar-refractivity contribution in [3.8, 4) is 0 Å². The first kappa shape index (κ1) is 34.2. The molecule has 8 nitrogen and oxygen atoms in total. The molecule has 0 saturated carbocycles. The van der Waals surface area contributed by atoms with Crippen LogP contribution in [0.4, 0.5) is 10.7 Å². The molecule has 1 aromatic heterocycles. The topological polar surface area (TPSA) is 122 Å². The quantitative estimate of drug-likeness (QED) is 0.0821. The molecule has 2 aliphatic carbocycles. The molecule has 3 aromatic carbocycles. The monoisotopic (exact) mass is 694 g/mol. The molecule has 2 amide bonds. The Morgan fingerprint density at radius 3 is 2.35 bits per heavy atom. The highest BCUT2D eigenvalue weighted by Gasteiger charge is 2.35. The second-order valence-corrected chi connectivity index (χ2v) is 14.5. The summed E-state index contributed by atoms with van der Waals surface area (Å²) in [6.07, 6.45) is 6.73. The van der Waals surface area contributed by atoms with Crippen molar-refractivity contribution in [3.05, 3.63) is 124 Å². The fourth-order valence-electron chi connectivity index (χ4n) is 6.58. The molecule has 252 valence electrons. The van der Waals surface area contributed by atoms with Crippen LogP contribution in [0.2, 0.25) is 0 Å². The maximum Gasteiger partial charge on any atom is 0.341 e. The number of fused-ring (bicyclic) bond motifs is 1. The van der Waals surface area contributed by atoms with Crippen molar-refractivity contribution in [2.24, 2.45) is 11.8 Å². The van der Waals surface area contributed by atoms with E-state index >= 15 is 0 Å². The van der Waals surface area contributed by atoms with E-state index in [1.165, 1.54) is 28.7 Å². The largest absolute Gasteiger partial charge is 0.481 e. The van der Waals surface area contributed by atoms with E-state index in [9.17, 15) is 24.3 Å². The van der Waals surface area contributed by atoms with E-state index in [4.69, 9.17) is 4.74 Å². The molecule has 0 aliphatic heterocycles. The molecule has 0 saturated heterocycles. The van der Waals surface area contributed by atoms with Crippen LogP contribution in [0.25, 0.3) is 0 Å². The molecule has 4 atom stereocenters. The summed E-state index contributed by atoms with van der Waals surface area (Å²) in [7, 11) is 0. The molecule has 3 N–H and O–H groups in total. The number of hydrogen-bond acceptors (Lipinski definition) is 7. The lowest BCUT2D eigenvalue weighted by Crippen LogP contribution is -2.34. The van der Waals surface area contributed by atoms with E-state index in [1.807, 2.05) is 60.7 Å². The van der Waals surface area contributed by atoms with Gasteiger partial charge in [-0.15, -0.1) is 23.1 Å². The lowest BCUT2D eigenvalue weighted by atomic mass is 9.82. The number of rotatable bonds is 11. The maximum absolute atomic E-state index is 14.2. The zero-order chi connectivity index (χ0) is 34.3. The second-order valence-electron chi connectivity index (χ2n) is 12.2. The molecule has 1 heterocycles. The third kappa shape index (κ3) is 7.98. The van der Waals surface area contributed by atoms with Gasteiger partial charge in [0.1, 0.15) is 10.3 Å². The summed E-state index contributed by atoms with van der Waals surface area (Å²) in [5.74, 6) is -3.17. The number of carbonyl (C=O) groups excluding carboxylic acids is 3. The minimum absolute atomic E-state index is 0.229. The molecule has 0 spiro atoms. The standard InChI is InChI=1S/C39H38N2O6S2/c1-2-47-39(46)33-31-21-20-26(24-12-5-3-6-13-24)22-32(31)49-37(33)41-36(43)34(25-14-7-4-8-15-25)48-28-17-11-16-27(23-28)40-35(42)29-18-9-10-19-30(29)38(44)45/h3-17,23,26,29-30,34H,2,18-22H2,1H3,(H,40,42)(H,41,43)(H,44,45). The van der Waals surface area contributed by atoms with Gasteiger partial charge >= 0.3 is 11.9 Å². The highest BCUT2D eigenvalue weighted by Crippen LogP contribution is 2.44. The van der Waals surface area contributed by atoms with E-state index in [2.05, 4.69) is 22.8 Å². The van der Waals surface area contributed by atoms with Gasteiger partial charge in [0.2, 0.25) is 11.8 Å². The molecule has 4 aromatic rings. The lowest BCUT2D eigenvalue weighted by Gasteiger charge is -2.24. The molecule has 6 rings (SSSR count). The highest BCUT2D eigenvalue weighted by molar-refractivity contribution is 8.00. The van der Waals surface area contributed by atoms with Crippen LogP contribution in [0.5, 0.6) is 0 Å². The van der Waals surface area contributed by atoms with Crippen molar-refractivity contribution in [1.82, 2.24) is 0 Å². The Balaban J connectivity index is 1.25. The Kier molecular flexibility index (Phi) is 11.0. The molecule has 10 heteroatoms. The average Bonchev–Trinajstić information content (AvgIpc) is 3.48. The number of carboxylic acid groups (broad SMARTS) is 1. The van der Waals surface area contributed by atoms with Gasteiger partial charge in [0.15, 0.2) is 0 Å². The number of carbonyl (C=O) groups is 4. The summed E-state index contributed by atoms with van der Waals surface area (Å²) in [5.41, 5.74) is 3.96. The molecular weight excluding hydrogens is 657 g/mol. The predicted octanol–water partition coefficient (Wildman–Crippen LogP) is 8.27. The highest BCUT2D eigenvalue weighted by atomic mass is 32.2. The summed E-state index contributed by atoms with van der Waals surface area (Å²) in [6, 6.07) is 27.0. The van der Waals surface area contributed by atoms with Crippen LogP contribution in [0.15, 0.2) is 102 Å². The predicted molar refractivity (Wildman–Crippen MR) is 193 cm³/mol. The van der Waals surface area contributed by atoms with E-state index in [-0.39, 0.29) is 18.4 Å². The number of allylic oxidation sites excluding steroid dienone is 2. The smallest absolute Gasteiger partial charge is 0.341 e. The third-order valence-electron chi connectivity index (χ3n) is 9.03. The van der Waals surface area contributed by atoms with Gasteiger partial charge in [-0.2, -0.15) is 0 Å². The van der Waals surface area contributed by atoms with Gasteiger partial charge < -0.3 is 20.5 Å². The number of carboxylic acids is 1.